The third-order valence-electron chi connectivity index (χ3n) is 3.57. The number of carbonyl (C=O) groups excluding carboxylic acids is 1. The zero-order valence-electron chi connectivity index (χ0n) is 11.8. The van der Waals surface area contributed by atoms with E-state index >= 15 is 0 Å². The summed E-state index contributed by atoms with van der Waals surface area (Å²) < 4.78 is 23.7. The predicted octanol–water partition coefficient (Wildman–Crippen LogP) is 2.98. The number of nitrogens with one attached hydrogen (secondary N) is 1. The molecule has 1 aliphatic heterocycles. The summed E-state index contributed by atoms with van der Waals surface area (Å²) in [7, 11) is 1.24. The Morgan fingerprint density at radius 3 is 3.05 bits per heavy atom. The predicted molar refractivity (Wildman–Crippen MR) is 74.4 cm³/mol. The van der Waals surface area contributed by atoms with Gasteiger partial charge in [-0.3, -0.25) is 0 Å². The zero-order chi connectivity index (χ0) is 14.5. The van der Waals surface area contributed by atoms with Gasteiger partial charge < -0.3 is 14.8 Å². The van der Waals surface area contributed by atoms with E-state index in [1.165, 1.54) is 19.2 Å². The Balaban J connectivity index is 2.07. The second-order valence-electron chi connectivity index (χ2n) is 4.95. The molecule has 0 saturated carbocycles. The van der Waals surface area contributed by atoms with Crippen LogP contribution in [0.5, 0.6) is 0 Å². The van der Waals surface area contributed by atoms with Crippen molar-refractivity contribution in [2.24, 2.45) is 0 Å². The molecular weight excluding hydrogens is 261 g/mol. The molecule has 4 nitrogen and oxygen atoms in total. The first-order valence-corrected chi connectivity index (χ1v) is 6.90. The molecule has 20 heavy (non-hydrogen) atoms. The van der Waals surface area contributed by atoms with E-state index in [0.29, 0.717) is 0 Å². The van der Waals surface area contributed by atoms with Gasteiger partial charge in [-0.05, 0) is 37.5 Å². The number of methoxy groups -OCH3 is 1. The van der Waals surface area contributed by atoms with Crippen LogP contribution in [-0.2, 0) is 9.47 Å². The number of benzene rings is 1. The lowest BCUT2D eigenvalue weighted by Crippen LogP contribution is -2.33. The van der Waals surface area contributed by atoms with E-state index in [-0.39, 0.29) is 17.7 Å². The van der Waals surface area contributed by atoms with Crippen molar-refractivity contribution in [1.29, 1.82) is 0 Å². The summed E-state index contributed by atoms with van der Waals surface area (Å²) in [6, 6.07) is 4.70. The highest BCUT2D eigenvalue weighted by Crippen LogP contribution is 2.22. The number of rotatable bonds is 4. The molecule has 0 amide bonds. The molecule has 1 saturated heterocycles. The molecule has 2 rings (SSSR count). The van der Waals surface area contributed by atoms with Gasteiger partial charge in [-0.25, -0.2) is 9.18 Å². The monoisotopic (exact) mass is 281 g/mol. The van der Waals surface area contributed by atoms with Gasteiger partial charge in [-0.15, -0.1) is 0 Å². The van der Waals surface area contributed by atoms with E-state index in [9.17, 15) is 9.18 Å². The van der Waals surface area contributed by atoms with Crippen molar-refractivity contribution in [1.82, 2.24) is 0 Å². The molecule has 0 aromatic heterocycles. The first kappa shape index (κ1) is 14.8. The van der Waals surface area contributed by atoms with Gasteiger partial charge in [-0.1, -0.05) is 6.92 Å². The third-order valence-corrected chi connectivity index (χ3v) is 3.57. The number of ether oxygens (including phenoxy) is 2. The molecule has 2 unspecified atom stereocenters. The van der Waals surface area contributed by atoms with Crippen molar-refractivity contribution < 1.29 is 18.7 Å². The zero-order valence-corrected chi connectivity index (χ0v) is 11.8. The summed E-state index contributed by atoms with van der Waals surface area (Å²) >= 11 is 0. The highest BCUT2D eigenvalue weighted by molar-refractivity contribution is 5.90. The number of anilines is 1. The van der Waals surface area contributed by atoms with Crippen molar-refractivity contribution >= 4 is 11.7 Å². The van der Waals surface area contributed by atoms with Gasteiger partial charge in [0, 0.05) is 18.3 Å². The molecule has 1 N–H and O–H groups in total. The minimum absolute atomic E-state index is 0.0448. The fourth-order valence-corrected chi connectivity index (χ4v) is 2.41. The lowest BCUT2D eigenvalue weighted by atomic mass is 10.0. The standard InChI is InChI=1S/C15H20FNO3/c1-3-12-8-11(6-7-20-12)17-10-4-5-14(16)13(9-10)15(18)19-2/h4-5,9,11-12,17H,3,6-8H2,1-2H3. The fraction of sp³-hybridized carbons (Fsp3) is 0.533. The molecule has 1 aliphatic rings. The highest BCUT2D eigenvalue weighted by atomic mass is 19.1. The largest absolute Gasteiger partial charge is 0.465 e. The Labute approximate surface area is 118 Å². The Hall–Kier alpha value is -1.62. The van der Waals surface area contributed by atoms with Crippen molar-refractivity contribution in [3.8, 4) is 0 Å². The first-order valence-electron chi connectivity index (χ1n) is 6.90. The Morgan fingerprint density at radius 1 is 1.55 bits per heavy atom. The van der Waals surface area contributed by atoms with E-state index in [0.717, 1.165) is 31.6 Å². The number of hydrogen-bond donors (Lipinski definition) is 1. The van der Waals surface area contributed by atoms with Crippen LogP contribution in [0.1, 0.15) is 36.5 Å². The topological polar surface area (TPSA) is 47.6 Å². The summed E-state index contributed by atoms with van der Waals surface area (Å²) in [5, 5.41) is 3.34. The van der Waals surface area contributed by atoms with Crippen LogP contribution < -0.4 is 5.32 Å². The van der Waals surface area contributed by atoms with Crippen molar-refractivity contribution in [3.63, 3.8) is 0 Å². The van der Waals surface area contributed by atoms with Crippen LogP contribution >= 0.6 is 0 Å². The molecule has 0 radical (unpaired) electrons. The molecule has 110 valence electrons. The number of hydrogen-bond acceptors (Lipinski definition) is 4. The van der Waals surface area contributed by atoms with Crippen LogP contribution in [0.3, 0.4) is 0 Å². The van der Waals surface area contributed by atoms with E-state index in [4.69, 9.17) is 4.74 Å². The molecule has 0 aliphatic carbocycles. The minimum atomic E-state index is -0.662. The number of esters is 1. The van der Waals surface area contributed by atoms with E-state index < -0.39 is 11.8 Å². The second kappa shape index (κ2) is 6.70. The van der Waals surface area contributed by atoms with Crippen molar-refractivity contribution in [3.05, 3.63) is 29.6 Å². The molecule has 2 atom stereocenters. The first-order chi connectivity index (χ1) is 9.63. The van der Waals surface area contributed by atoms with Crippen molar-refractivity contribution in [2.45, 2.75) is 38.3 Å². The molecule has 1 fully saturated rings. The fourth-order valence-electron chi connectivity index (χ4n) is 2.41. The highest BCUT2D eigenvalue weighted by Gasteiger charge is 2.21. The summed E-state index contributed by atoms with van der Waals surface area (Å²) in [6.07, 6.45) is 3.07. The minimum Gasteiger partial charge on any atom is -0.465 e. The van der Waals surface area contributed by atoms with Crippen LogP contribution in [0.15, 0.2) is 18.2 Å². The Morgan fingerprint density at radius 2 is 2.35 bits per heavy atom. The maximum absolute atomic E-state index is 13.6. The quantitative estimate of drug-likeness (QED) is 0.862. The summed E-state index contributed by atoms with van der Waals surface area (Å²) in [5.74, 6) is -1.23. The van der Waals surface area contributed by atoms with Gasteiger partial charge in [0.1, 0.15) is 5.82 Å². The molecule has 1 heterocycles. The van der Waals surface area contributed by atoms with Gasteiger partial charge in [0.05, 0.1) is 18.8 Å². The average molecular weight is 281 g/mol. The van der Waals surface area contributed by atoms with Gasteiger partial charge in [0.2, 0.25) is 0 Å². The maximum Gasteiger partial charge on any atom is 0.340 e. The third kappa shape index (κ3) is 3.48. The van der Waals surface area contributed by atoms with Gasteiger partial charge in [-0.2, -0.15) is 0 Å². The second-order valence-corrected chi connectivity index (χ2v) is 4.95. The number of carbonyl (C=O) groups is 1. The van der Waals surface area contributed by atoms with Gasteiger partial charge in [0.15, 0.2) is 0 Å². The normalized spacial score (nSPS) is 22.4. The molecule has 5 heteroatoms. The molecule has 1 aromatic carbocycles. The van der Waals surface area contributed by atoms with Gasteiger partial charge in [0.25, 0.3) is 0 Å². The maximum atomic E-state index is 13.6. The van der Waals surface area contributed by atoms with Crippen LogP contribution in [0.4, 0.5) is 10.1 Å². The lowest BCUT2D eigenvalue weighted by molar-refractivity contribution is 0.00925. The Bertz CT molecular complexity index is 478. The SMILES string of the molecule is CCC1CC(Nc2ccc(F)c(C(=O)OC)c2)CCO1. The van der Waals surface area contributed by atoms with E-state index in [2.05, 4.69) is 17.0 Å². The summed E-state index contributed by atoms with van der Waals surface area (Å²) in [4.78, 5) is 11.5. The van der Waals surface area contributed by atoms with E-state index in [1.807, 2.05) is 0 Å². The Kier molecular flexibility index (Phi) is 4.95. The number of halogens is 1. The van der Waals surface area contributed by atoms with Crippen molar-refractivity contribution in [2.75, 3.05) is 19.0 Å². The molecule has 1 aromatic rings. The van der Waals surface area contributed by atoms with Crippen LogP contribution in [-0.4, -0.2) is 31.8 Å². The molecule has 0 bridgehead atoms. The summed E-state index contributed by atoms with van der Waals surface area (Å²) in [5.41, 5.74) is 0.685. The smallest absolute Gasteiger partial charge is 0.340 e. The van der Waals surface area contributed by atoms with Gasteiger partial charge >= 0.3 is 5.97 Å². The molecular formula is C15H20FNO3. The lowest BCUT2D eigenvalue weighted by Gasteiger charge is -2.30. The van der Waals surface area contributed by atoms with Crippen LogP contribution in [0.25, 0.3) is 0 Å². The summed E-state index contributed by atoms with van der Waals surface area (Å²) in [6.45, 7) is 2.82. The molecule has 0 spiro atoms. The average Bonchev–Trinajstić information content (AvgIpc) is 2.48. The van der Waals surface area contributed by atoms with Crippen LogP contribution in [0.2, 0.25) is 0 Å². The van der Waals surface area contributed by atoms with E-state index in [1.54, 1.807) is 6.07 Å². The van der Waals surface area contributed by atoms with Crippen LogP contribution in [0, 0.1) is 5.82 Å².